The van der Waals surface area contributed by atoms with Gasteiger partial charge in [-0.3, -0.25) is 14.3 Å². The smallest absolute Gasteiger partial charge is 0.295 e. The zero-order chi connectivity index (χ0) is 28.4. The third-order valence-electron chi connectivity index (χ3n) is 7.42. The van der Waals surface area contributed by atoms with Crippen molar-refractivity contribution in [1.82, 2.24) is 9.47 Å². The summed E-state index contributed by atoms with van der Waals surface area (Å²) in [6.07, 6.45) is 0.826. The molecule has 10 heteroatoms. The van der Waals surface area contributed by atoms with Gasteiger partial charge in [-0.05, 0) is 60.9 Å². The first kappa shape index (κ1) is 27.0. The standard InChI is InChI=1S/C30H32N4O6/c1-18-22-16-27(40-5)26(39-4)14-19(22)12-13-33(18)17-34-23-9-7-6-8-21(23)28(30(34)36)31-32-29(35)20-10-11-24(37-2)25(15-20)38-3/h6-11,14-16,18,36H,12-13,17H2,1-5H3/t18-/m0/s1. The van der Waals surface area contributed by atoms with Gasteiger partial charge in [0.1, 0.15) is 0 Å². The van der Waals surface area contributed by atoms with E-state index in [-0.39, 0.29) is 23.2 Å². The van der Waals surface area contributed by atoms with E-state index < -0.39 is 5.91 Å². The van der Waals surface area contributed by atoms with Crippen LogP contribution in [-0.4, -0.2) is 55.5 Å². The number of carbonyl (C=O) groups excluding carboxylic acids is 1. The average Bonchev–Trinajstić information content (AvgIpc) is 3.26. The number of aromatic nitrogens is 1. The number of carbonyl (C=O) groups is 1. The van der Waals surface area contributed by atoms with Gasteiger partial charge in [0.15, 0.2) is 28.7 Å². The summed E-state index contributed by atoms with van der Waals surface area (Å²) < 4.78 is 23.3. The minimum atomic E-state index is -0.567. The van der Waals surface area contributed by atoms with Gasteiger partial charge in [-0.15, -0.1) is 10.2 Å². The van der Waals surface area contributed by atoms with Crippen molar-refractivity contribution in [1.29, 1.82) is 0 Å². The van der Waals surface area contributed by atoms with Crippen LogP contribution in [0.4, 0.5) is 5.69 Å². The topological polar surface area (TPSA) is 107 Å². The lowest BCUT2D eigenvalue weighted by atomic mass is 9.93. The first-order chi connectivity index (χ1) is 19.4. The lowest BCUT2D eigenvalue weighted by Gasteiger charge is -2.36. The van der Waals surface area contributed by atoms with Gasteiger partial charge in [0.2, 0.25) is 5.88 Å². The monoisotopic (exact) mass is 544 g/mol. The zero-order valence-electron chi connectivity index (χ0n) is 23.2. The molecule has 3 aromatic carbocycles. The molecule has 1 amide bonds. The largest absolute Gasteiger partial charge is 0.493 e. The van der Waals surface area contributed by atoms with Gasteiger partial charge in [-0.25, -0.2) is 0 Å². The number of nitrogens with zero attached hydrogens (tertiary/aromatic N) is 4. The molecule has 0 saturated carbocycles. The predicted molar refractivity (Wildman–Crippen MR) is 150 cm³/mol. The molecular weight excluding hydrogens is 512 g/mol. The Kier molecular flexibility index (Phi) is 7.61. The Morgan fingerprint density at radius 2 is 1.60 bits per heavy atom. The Labute approximate surface area is 232 Å². The first-order valence-electron chi connectivity index (χ1n) is 12.9. The van der Waals surface area contributed by atoms with E-state index in [1.54, 1.807) is 37.0 Å². The molecule has 1 atom stereocenters. The fraction of sp³-hybridized carbons (Fsp3) is 0.300. The molecule has 40 heavy (non-hydrogen) atoms. The fourth-order valence-corrected chi connectivity index (χ4v) is 5.21. The van der Waals surface area contributed by atoms with Crippen molar-refractivity contribution in [2.24, 2.45) is 10.2 Å². The van der Waals surface area contributed by atoms with Gasteiger partial charge in [0.25, 0.3) is 5.91 Å². The first-order valence-corrected chi connectivity index (χ1v) is 12.9. The van der Waals surface area contributed by atoms with Crippen molar-refractivity contribution < 1.29 is 28.8 Å². The summed E-state index contributed by atoms with van der Waals surface area (Å²) >= 11 is 0. The maximum atomic E-state index is 12.8. The van der Waals surface area contributed by atoms with Gasteiger partial charge in [-0.1, -0.05) is 18.2 Å². The highest BCUT2D eigenvalue weighted by Gasteiger charge is 2.28. The van der Waals surface area contributed by atoms with Crippen LogP contribution in [0.1, 0.15) is 34.5 Å². The normalized spacial score (nSPS) is 15.3. The van der Waals surface area contributed by atoms with Crippen molar-refractivity contribution in [3.63, 3.8) is 0 Å². The summed E-state index contributed by atoms with van der Waals surface area (Å²) in [5.74, 6) is 1.69. The van der Waals surface area contributed by atoms with Crippen LogP contribution in [0, 0.1) is 0 Å². The molecule has 0 fully saturated rings. The number of hydrogen-bond acceptors (Lipinski definition) is 8. The van der Waals surface area contributed by atoms with Crippen LogP contribution in [0.3, 0.4) is 0 Å². The van der Waals surface area contributed by atoms with E-state index in [0.29, 0.717) is 35.1 Å². The average molecular weight is 545 g/mol. The number of amides is 1. The lowest BCUT2D eigenvalue weighted by Crippen LogP contribution is -2.35. The second-order valence-corrected chi connectivity index (χ2v) is 9.48. The van der Waals surface area contributed by atoms with Crippen molar-refractivity contribution >= 4 is 22.5 Å². The van der Waals surface area contributed by atoms with E-state index in [1.165, 1.54) is 19.8 Å². The minimum Gasteiger partial charge on any atom is -0.493 e. The lowest BCUT2D eigenvalue weighted by molar-refractivity contribution is 0.0994. The molecule has 2 heterocycles. The maximum absolute atomic E-state index is 12.8. The van der Waals surface area contributed by atoms with Crippen molar-refractivity contribution in [2.45, 2.75) is 26.1 Å². The van der Waals surface area contributed by atoms with Crippen LogP contribution in [-0.2, 0) is 13.1 Å². The molecule has 0 radical (unpaired) electrons. The van der Waals surface area contributed by atoms with Gasteiger partial charge in [0.05, 0.1) is 40.6 Å². The van der Waals surface area contributed by atoms with Crippen LogP contribution < -0.4 is 18.9 Å². The quantitative estimate of drug-likeness (QED) is 0.276. The fourth-order valence-electron chi connectivity index (χ4n) is 5.21. The Hall–Kier alpha value is -4.57. The third-order valence-corrected chi connectivity index (χ3v) is 7.42. The van der Waals surface area contributed by atoms with Crippen LogP contribution in [0.5, 0.6) is 28.9 Å². The van der Waals surface area contributed by atoms with Gasteiger partial charge >= 0.3 is 0 Å². The van der Waals surface area contributed by atoms with Gasteiger partial charge in [0, 0.05) is 23.5 Å². The Bertz CT molecular complexity index is 1600. The molecule has 10 nitrogen and oxygen atoms in total. The molecule has 5 rings (SSSR count). The van der Waals surface area contributed by atoms with E-state index in [2.05, 4.69) is 22.1 Å². The molecule has 208 valence electrons. The predicted octanol–water partition coefficient (Wildman–Crippen LogP) is 5.88. The molecular formula is C30H32N4O6. The summed E-state index contributed by atoms with van der Waals surface area (Å²) in [6, 6.07) is 16.4. The third kappa shape index (κ3) is 4.82. The summed E-state index contributed by atoms with van der Waals surface area (Å²) in [4.78, 5) is 15.1. The number of methoxy groups -OCH3 is 4. The van der Waals surface area contributed by atoms with Crippen molar-refractivity contribution in [2.75, 3.05) is 35.0 Å². The van der Waals surface area contributed by atoms with Crippen LogP contribution in [0.15, 0.2) is 64.8 Å². The molecule has 0 unspecified atom stereocenters. The molecule has 1 aromatic heterocycles. The summed E-state index contributed by atoms with van der Waals surface area (Å²) in [7, 11) is 6.29. The number of benzene rings is 3. The van der Waals surface area contributed by atoms with E-state index in [0.717, 1.165) is 24.0 Å². The maximum Gasteiger partial charge on any atom is 0.295 e. The summed E-state index contributed by atoms with van der Waals surface area (Å²) in [5.41, 5.74) is 3.68. The molecule has 1 N–H and O–H groups in total. The van der Waals surface area contributed by atoms with Gasteiger partial charge in [-0.2, -0.15) is 0 Å². The number of para-hydroxylation sites is 1. The number of rotatable bonds is 8. The molecule has 4 aromatic rings. The molecule has 0 bridgehead atoms. The van der Waals surface area contributed by atoms with Crippen LogP contribution in [0.2, 0.25) is 0 Å². The molecule has 0 saturated heterocycles. The second-order valence-electron chi connectivity index (χ2n) is 9.48. The Balaban J connectivity index is 1.45. The molecule has 0 spiro atoms. The number of hydrogen-bond donors (Lipinski definition) is 1. The number of ether oxygens (including phenoxy) is 4. The summed E-state index contributed by atoms with van der Waals surface area (Å²) in [5, 5.41) is 20.1. The minimum absolute atomic E-state index is 0.0563. The highest BCUT2D eigenvalue weighted by atomic mass is 16.5. The van der Waals surface area contributed by atoms with E-state index in [4.69, 9.17) is 18.9 Å². The molecule has 0 aliphatic carbocycles. The summed E-state index contributed by atoms with van der Waals surface area (Å²) in [6.45, 7) is 3.33. The van der Waals surface area contributed by atoms with Crippen LogP contribution >= 0.6 is 0 Å². The zero-order valence-corrected chi connectivity index (χ0v) is 23.2. The molecule has 1 aliphatic heterocycles. The van der Waals surface area contributed by atoms with E-state index in [9.17, 15) is 9.90 Å². The Morgan fingerprint density at radius 1 is 0.925 bits per heavy atom. The number of aromatic hydroxyl groups is 1. The number of azo groups is 1. The Morgan fingerprint density at radius 3 is 2.33 bits per heavy atom. The molecule has 1 aliphatic rings. The van der Waals surface area contributed by atoms with Crippen LogP contribution in [0.25, 0.3) is 10.9 Å². The highest BCUT2D eigenvalue weighted by molar-refractivity contribution is 5.97. The van der Waals surface area contributed by atoms with E-state index in [1.807, 2.05) is 36.4 Å². The highest BCUT2D eigenvalue weighted by Crippen LogP contribution is 2.42. The SMILES string of the molecule is COc1ccc(C(=O)N=Nc2c(O)n(CN3CCc4cc(OC)c(OC)cc4[C@@H]3C)c3ccccc23)cc1OC. The van der Waals surface area contributed by atoms with E-state index >= 15 is 0 Å². The van der Waals surface area contributed by atoms with Gasteiger partial charge < -0.3 is 24.1 Å². The second kappa shape index (κ2) is 11.3. The van der Waals surface area contributed by atoms with Crippen molar-refractivity contribution in [3.8, 4) is 28.9 Å². The van der Waals surface area contributed by atoms with Crippen molar-refractivity contribution in [3.05, 3.63) is 71.3 Å². The number of fused-ring (bicyclic) bond motifs is 2.